The van der Waals surface area contributed by atoms with Crippen LogP contribution in [0.3, 0.4) is 0 Å². The summed E-state index contributed by atoms with van der Waals surface area (Å²) in [4.78, 5) is 0. The van der Waals surface area contributed by atoms with Gasteiger partial charge in [0.2, 0.25) is 0 Å². The van der Waals surface area contributed by atoms with E-state index in [-0.39, 0.29) is 5.38 Å². The van der Waals surface area contributed by atoms with Crippen molar-refractivity contribution in [3.05, 3.63) is 17.8 Å². The minimum absolute atomic E-state index is 0.112. The number of rotatable bonds is 4. The molecule has 86 valence electrons. The van der Waals surface area contributed by atoms with E-state index in [9.17, 15) is 0 Å². The van der Waals surface area contributed by atoms with Crippen molar-refractivity contribution in [1.29, 1.82) is 0 Å². The zero-order chi connectivity index (χ0) is 11.5. The van der Waals surface area contributed by atoms with E-state index in [0.717, 1.165) is 18.5 Å². The molecule has 16 heavy (non-hydrogen) atoms. The van der Waals surface area contributed by atoms with Crippen molar-refractivity contribution < 1.29 is 0 Å². The van der Waals surface area contributed by atoms with Gasteiger partial charge in [0.1, 0.15) is 0 Å². The second-order valence-corrected chi connectivity index (χ2v) is 4.90. The molecule has 0 spiro atoms. The van der Waals surface area contributed by atoms with E-state index < -0.39 is 0 Å². The monoisotopic (exact) mass is 239 g/mol. The Kier molecular flexibility index (Phi) is 3.33. The van der Waals surface area contributed by atoms with Crippen LogP contribution in [0, 0.1) is 5.92 Å². The molecule has 0 aliphatic rings. The van der Waals surface area contributed by atoms with E-state index in [2.05, 4.69) is 34.5 Å². The van der Waals surface area contributed by atoms with Crippen LogP contribution in [0.1, 0.15) is 26.0 Å². The standard InChI is InChI=1S/C10H14ClN5/c1-7(2)5-8(11)6-9-3-4-10-12-14-15-16(10)13-9/h3-4,7-8H,5-6H2,1-2H3. The third-order valence-corrected chi connectivity index (χ3v) is 2.62. The summed E-state index contributed by atoms with van der Waals surface area (Å²) in [6.45, 7) is 4.32. The van der Waals surface area contributed by atoms with E-state index >= 15 is 0 Å². The van der Waals surface area contributed by atoms with Crippen molar-refractivity contribution in [2.45, 2.75) is 32.1 Å². The van der Waals surface area contributed by atoms with Gasteiger partial charge in [-0.15, -0.1) is 21.3 Å². The SMILES string of the molecule is CC(C)CC(Cl)Cc1ccc2nnnn2n1. The highest BCUT2D eigenvalue weighted by Gasteiger charge is 2.10. The lowest BCUT2D eigenvalue weighted by atomic mass is 10.0. The van der Waals surface area contributed by atoms with Gasteiger partial charge < -0.3 is 0 Å². The average molecular weight is 240 g/mol. The van der Waals surface area contributed by atoms with Crippen LogP contribution >= 0.6 is 11.6 Å². The van der Waals surface area contributed by atoms with E-state index in [1.165, 1.54) is 4.63 Å². The van der Waals surface area contributed by atoms with Crippen LogP contribution in [0.25, 0.3) is 5.65 Å². The number of aromatic nitrogens is 5. The number of hydrogen-bond donors (Lipinski definition) is 0. The number of halogens is 1. The van der Waals surface area contributed by atoms with Crippen LogP contribution in [0.4, 0.5) is 0 Å². The van der Waals surface area contributed by atoms with E-state index in [1.807, 2.05) is 12.1 Å². The van der Waals surface area contributed by atoms with Crippen molar-refractivity contribution in [1.82, 2.24) is 25.3 Å². The molecule has 0 bridgehead atoms. The summed E-state index contributed by atoms with van der Waals surface area (Å²) < 4.78 is 1.42. The molecule has 2 aromatic heterocycles. The Morgan fingerprint density at radius 1 is 1.38 bits per heavy atom. The van der Waals surface area contributed by atoms with E-state index in [1.54, 1.807) is 0 Å². The largest absolute Gasteiger partial charge is 0.199 e. The van der Waals surface area contributed by atoms with Crippen LogP contribution in [0.15, 0.2) is 12.1 Å². The van der Waals surface area contributed by atoms with Crippen LogP contribution in [-0.2, 0) is 6.42 Å². The average Bonchev–Trinajstić information content (AvgIpc) is 2.63. The van der Waals surface area contributed by atoms with Crippen molar-refractivity contribution in [3.8, 4) is 0 Å². The summed E-state index contributed by atoms with van der Waals surface area (Å²) in [6, 6.07) is 3.77. The maximum absolute atomic E-state index is 6.23. The number of hydrogen-bond acceptors (Lipinski definition) is 4. The summed E-state index contributed by atoms with van der Waals surface area (Å²) in [6.07, 6.45) is 1.73. The lowest BCUT2D eigenvalue weighted by Gasteiger charge is -2.10. The van der Waals surface area contributed by atoms with Gasteiger partial charge in [0.25, 0.3) is 0 Å². The van der Waals surface area contributed by atoms with E-state index in [4.69, 9.17) is 11.6 Å². The van der Waals surface area contributed by atoms with Crippen molar-refractivity contribution in [3.63, 3.8) is 0 Å². The van der Waals surface area contributed by atoms with Crippen LogP contribution in [0.2, 0.25) is 0 Å². The molecular formula is C10H14ClN5. The van der Waals surface area contributed by atoms with E-state index in [0.29, 0.717) is 11.6 Å². The molecule has 0 aliphatic carbocycles. The van der Waals surface area contributed by atoms with Gasteiger partial charge in [0, 0.05) is 11.8 Å². The molecule has 1 unspecified atom stereocenters. The normalized spacial score (nSPS) is 13.5. The highest BCUT2D eigenvalue weighted by Crippen LogP contribution is 2.14. The van der Waals surface area contributed by atoms with Gasteiger partial charge >= 0.3 is 0 Å². The third-order valence-electron chi connectivity index (χ3n) is 2.28. The molecule has 2 aromatic rings. The highest BCUT2D eigenvalue weighted by molar-refractivity contribution is 6.20. The Bertz CT molecular complexity index is 467. The predicted molar refractivity (Wildman–Crippen MR) is 61.4 cm³/mol. The Balaban J connectivity index is 2.08. The van der Waals surface area contributed by atoms with Crippen molar-refractivity contribution in [2.24, 2.45) is 5.92 Å². The summed E-state index contributed by atoms with van der Waals surface area (Å²) in [7, 11) is 0. The van der Waals surface area contributed by atoms with Crippen LogP contribution < -0.4 is 0 Å². The fraction of sp³-hybridized carbons (Fsp3) is 0.600. The first kappa shape index (κ1) is 11.3. The lowest BCUT2D eigenvalue weighted by Crippen LogP contribution is -2.10. The Hall–Kier alpha value is -1.23. The molecule has 2 rings (SSSR count). The number of tetrazole rings is 1. The molecule has 0 aliphatic heterocycles. The summed E-state index contributed by atoms with van der Waals surface area (Å²) >= 11 is 6.23. The Morgan fingerprint density at radius 2 is 2.19 bits per heavy atom. The van der Waals surface area contributed by atoms with Gasteiger partial charge in [-0.1, -0.05) is 13.8 Å². The van der Waals surface area contributed by atoms with Gasteiger partial charge in [-0.3, -0.25) is 0 Å². The van der Waals surface area contributed by atoms with Crippen molar-refractivity contribution in [2.75, 3.05) is 0 Å². The Morgan fingerprint density at radius 3 is 2.94 bits per heavy atom. The van der Waals surface area contributed by atoms with Gasteiger partial charge in [0.15, 0.2) is 5.65 Å². The van der Waals surface area contributed by atoms with Crippen LogP contribution in [0.5, 0.6) is 0 Å². The number of alkyl halides is 1. The quantitative estimate of drug-likeness (QED) is 0.763. The zero-order valence-electron chi connectivity index (χ0n) is 9.34. The fourth-order valence-electron chi connectivity index (χ4n) is 1.62. The second-order valence-electron chi connectivity index (χ2n) is 4.28. The minimum atomic E-state index is 0.112. The van der Waals surface area contributed by atoms with Gasteiger partial charge in [-0.05, 0) is 34.9 Å². The molecule has 0 amide bonds. The summed E-state index contributed by atoms with van der Waals surface area (Å²) in [5, 5.41) is 15.5. The highest BCUT2D eigenvalue weighted by atomic mass is 35.5. The van der Waals surface area contributed by atoms with Gasteiger partial charge in [0.05, 0.1) is 5.69 Å². The molecule has 6 heteroatoms. The molecule has 2 heterocycles. The summed E-state index contributed by atoms with van der Waals surface area (Å²) in [5.41, 5.74) is 1.57. The fourth-order valence-corrected chi connectivity index (χ4v) is 2.13. The maximum Gasteiger partial charge on any atom is 0.199 e. The molecule has 1 atom stereocenters. The van der Waals surface area contributed by atoms with Gasteiger partial charge in [-0.2, -0.15) is 5.10 Å². The lowest BCUT2D eigenvalue weighted by molar-refractivity contribution is 0.555. The minimum Gasteiger partial charge on any atom is -0.152 e. The first-order valence-corrected chi connectivity index (χ1v) is 5.77. The number of fused-ring (bicyclic) bond motifs is 1. The van der Waals surface area contributed by atoms with Gasteiger partial charge in [-0.25, -0.2) is 0 Å². The molecule has 0 N–H and O–H groups in total. The van der Waals surface area contributed by atoms with Crippen LogP contribution in [-0.4, -0.2) is 30.6 Å². The zero-order valence-corrected chi connectivity index (χ0v) is 10.1. The predicted octanol–water partition coefficient (Wildman–Crippen LogP) is 1.72. The molecule has 0 aromatic carbocycles. The molecule has 0 saturated heterocycles. The first-order chi connectivity index (χ1) is 7.65. The summed E-state index contributed by atoms with van der Waals surface area (Å²) in [5.74, 6) is 0.597. The first-order valence-electron chi connectivity index (χ1n) is 5.33. The molecule has 0 radical (unpaired) electrons. The molecule has 5 nitrogen and oxygen atoms in total. The van der Waals surface area contributed by atoms with Crippen molar-refractivity contribution >= 4 is 17.2 Å². The maximum atomic E-state index is 6.23. The third kappa shape index (κ3) is 2.66. The Labute approximate surface area is 98.8 Å². The topological polar surface area (TPSA) is 56.0 Å². The second kappa shape index (κ2) is 4.74. The molecular weight excluding hydrogens is 226 g/mol. The smallest absolute Gasteiger partial charge is 0.152 e. The molecule has 0 saturated carbocycles. The number of nitrogens with zero attached hydrogens (tertiary/aromatic N) is 5. The molecule has 0 fully saturated rings.